The summed E-state index contributed by atoms with van der Waals surface area (Å²) in [5.41, 5.74) is 12.9. The van der Waals surface area contributed by atoms with Gasteiger partial charge in [0.1, 0.15) is 5.58 Å². The molecular weight excluding hydrogens is 813 g/mol. The second kappa shape index (κ2) is 16.0. The maximum atomic E-state index is 7.12. The van der Waals surface area contributed by atoms with Gasteiger partial charge >= 0.3 is 0 Å². The summed E-state index contributed by atoms with van der Waals surface area (Å²) in [4.78, 5) is 4.78. The zero-order valence-corrected chi connectivity index (χ0v) is 36.6. The van der Waals surface area contributed by atoms with E-state index in [0.717, 1.165) is 72.4 Å². The molecule has 0 spiro atoms. The van der Waals surface area contributed by atoms with Crippen molar-refractivity contribution >= 4 is 99.2 Å². The Hall–Kier alpha value is -8.92. The minimum atomic E-state index is 0.855. The van der Waals surface area contributed by atoms with Crippen LogP contribution in [0.3, 0.4) is 0 Å². The van der Waals surface area contributed by atoms with E-state index in [1.54, 1.807) is 0 Å². The van der Waals surface area contributed by atoms with Gasteiger partial charge in [0.2, 0.25) is 0 Å². The van der Waals surface area contributed by atoms with Crippen molar-refractivity contribution in [1.82, 2.24) is 0 Å². The average Bonchev–Trinajstić information content (AvgIpc) is 3.81. The normalized spacial score (nSPS) is 11.6. The number of fused-ring (bicyclic) bond motifs is 9. The molecule has 0 saturated carbocycles. The lowest BCUT2D eigenvalue weighted by Crippen LogP contribution is -2.11. The lowest BCUT2D eigenvalue weighted by molar-refractivity contribution is 0.669. The third-order valence-corrected chi connectivity index (χ3v) is 13.4. The van der Waals surface area contributed by atoms with Gasteiger partial charge in [0.05, 0.1) is 17.1 Å². The second-order valence-electron chi connectivity index (χ2n) is 17.2. The molecule has 1 aromatic heterocycles. The zero-order chi connectivity index (χ0) is 44.3. The molecule has 0 amide bonds. The maximum absolute atomic E-state index is 7.12. The Balaban J connectivity index is 1.05. The summed E-state index contributed by atoms with van der Waals surface area (Å²) in [7, 11) is 0. The molecule has 314 valence electrons. The predicted molar refractivity (Wildman–Crippen MR) is 284 cm³/mol. The number of benzene rings is 12. The molecule has 0 saturated heterocycles. The van der Waals surface area contributed by atoms with Crippen molar-refractivity contribution < 1.29 is 4.42 Å². The van der Waals surface area contributed by atoms with Crippen LogP contribution in [0.1, 0.15) is 0 Å². The number of rotatable bonds is 8. The summed E-state index contributed by atoms with van der Waals surface area (Å²) in [5, 5.41) is 11.6. The van der Waals surface area contributed by atoms with Gasteiger partial charge in [-0.1, -0.05) is 194 Å². The van der Waals surface area contributed by atoms with Crippen LogP contribution in [0.25, 0.3) is 87.3 Å². The number of hydrogen-bond donors (Lipinski definition) is 0. The first-order chi connectivity index (χ1) is 33.3. The first-order valence-corrected chi connectivity index (χ1v) is 22.9. The van der Waals surface area contributed by atoms with Gasteiger partial charge < -0.3 is 14.2 Å². The fraction of sp³-hybridized carbons (Fsp3) is 0. The van der Waals surface area contributed by atoms with Gasteiger partial charge in [-0.3, -0.25) is 0 Å². The fourth-order valence-corrected chi connectivity index (χ4v) is 10.4. The van der Waals surface area contributed by atoms with Gasteiger partial charge in [-0.15, -0.1) is 0 Å². The first kappa shape index (κ1) is 38.5. The summed E-state index contributed by atoms with van der Waals surface area (Å²) in [6.45, 7) is 0. The molecule has 0 aliphatic carbocycles. The Labute approximate surface area is 388 Å². The maximum Gasteiger partial charge on any atom is 0.160 e. The Kier molecular flexibility index (Phi) is 9.17. The fourth-order valence-electron chi connectivity index (χ4n) is 10.4. The lowest BCUT2D eigenvalue weighted by Gasteiger charge is -2.29. The monoisotopic (exact) mass is 854 g/mol. The minimum Gasteiger partial charge on any atom is -0.454 e. The predicted octanol–water partition coefficient (Wildman–Crippen LogP) is 18.5. The Morgan fingerprint density at radius 2 is 0.716 bits per heavy atom. The molecule has 13 aromatic rings. The lowest BCUT2D eigenvalue weighted by atomic mass is 9.91. The SMILES string of the molecule is c1ccc(-c2ccc(N(c3ccc(-c4ccc(N(c5ccccc5)c5ccccc5)c5ccccc45)c4ccccc34)c3cc4ccccc4c4c3oc3ccc5ccccc5c34)cc2)cc1. The van der Waals surface area contributed by atoms with Crippen molar-refractivity contribution in [3.05, 3.63) is 255 Å². The molecule has 0 aliphatic rings. The van der Waals surface area contributed by atoms with Gasteiger partial charge in [-0.25, -0.2) is 0 Å². The number of anilines is 6. The van der Waals surface area contributed by atoms with Crippen molar-refractivity contribution in [3.63, 3.8) is 0 Å². The summed E-state index contributed by atoms with van der Waals surface area (Å²) in [5.74, 6) is 0. The largest absolute Gasteiger partial charge is 0.454 e. The highest BCUT2D eigenvalue weighted by molar-refractivity contribution is 6.29. The van der Waals surface area contributed by atoms with E-state index in [1.807, 2.05) is 0 Å². The van der Waals surface area contributed by atoms with E-state index >= 15 is 0 Å². The molecule has 0 unspecified atom stereocenters. The molecule has 67 heavy (non-hydrogen) atoms. The molecule has 13 rings (SSSR count). The number of nitrogens with zero attached hydrogens (tertiary/aromatic N) is 2. The van der Waals surface area contributed by atoms with E-state index in [9.17, 15) is 0 Å². The number of furan rings is 1. The summed E-state index contributed by atoms with van der Waals surface area (Å²) in [6.07, 6.45) is 0. The molecule has 0 radical (unpaired) electrons. The molecule has 1 heterocycles. The van der Waals surface area contributed by atoms with E-state index in [0.29, 0.717) is 0 Å². The highest BCUT2D eigenvalue weighted by Crippen LogP contribution is 2.50. The smallest absolute Gasteiger partial charge is 0.160 e. The van der Waals surface area contributed by atoms with Crippen LogP contribution >= 0.6 is 0 Å². The highest BCUT2D eigenvalue weighted by Gasteiger charge is 2.25. The molecule has 0 aliphatic heterocycles. The molecule has 0 N–H and O–H groups in total. The quantitative estimate of drug-likeness (QED) is 0.152. The third kappa shape index (κ3) is 6.43. The van der Waals surface area contributed by atoms with E-state index in [2.05, 4.69) is 265 Å². The topological polar surface area (TPSA) is 19.6 Å². The van der Waals surface area contributed by atoms with Crippen LogP contribution in [-0.2, 0) is 0 Å². The summed E-state index contributed by atoms with van der Waals surface area (Å²) >= 11 is 0. The highest BCUT2D eigenvalue weighted by atomic mass is 16.3. The van der Waals surface area contributed by atoms with E-state index in [4.69, 9.17) is 4.42 Å². The second-order valence-corrected chi connectivity index (χ2v) is 17.2. The van der Waals surface area contributed by atoms with Crippen molar-refractivity contribution in [2.24, 2.45) is 0 Å². The molecule has 0 atom stereocenters. The van der Waals surface area contributed by atoms with Gasteiger partial charge in [0, 0.05) is 38.6 Å². The van der Waals surface area contributed by atoms with Crippen molar-refractivity contribution in [3.8, 4) is 22.3 Å². The third-order valence-electron chi connectivity index (χ3n) is 13.4. The van der Waals surface area contributed by atoms with Crippen molar-refractivity contribution in [2.45, 2.75) is 0 Å². The molecular formula is C64H42N2O. The summed E-state index contributed by atoms with van der Waals surface area (Å²) in [6, 6.07) is 91.8. The first-order valence-electron chi connectivity index (χ1n) is 22.9. The molecule has 3 nitrogen and oxygen atoms in total. The number of para-hydroxylation sites is 2. The van der Waals surface area contributed by atoms with Crippen molar-refractivity contribution in [2.75, 3.05) is 9.80 Å². The van der Waals surface area contributed by atoms with Crippen LogP contribution in [-0.4, -0.2) is 0 Å². The molecule has 3 heteroatoms. The van der Waals surface area contributed by atoms with Gasteiger partial charge in [0.25, 0.3) is 0 Å². The average molecular weight is 855 g/mol. The van der Waals surface area contributed by atoms with E-state index < -0.39 is 0 Å². The van der Waals surface area contributed by atoms with E-state index in [-0.39, 0.29) is 0 Å². The van der Waals surface area contributed by atoms with Crippen LogP contribution in [0.4, 0.5) is 34.1 Å². The minimum absolute atomic E-state index is 0.855. The van der Waals surface area contributed by atoms with Gasteiger partial charge in [-0.05, 0) is 115 Å². The van der Waals surface area contributed by atoms with Crippen LogP contribution in [0, 0.1) is 0 Å². The molecule has 0 fully saturated rings. The Morgan fingerprint density at radius 1 is 0.269 bits per heavy atom. The zero-order valence-electron chi connectivity index (χ0n) is 36.6. The standard InChI is InChI=1S/C64H42N2O/c1-4-18-43(19-5-1)44-32-35-49(36-33-44)66(60-42-46-21-11-13-27-51(46)63-62-50-26-12-10-20-45(50)34-41-61(62)67-64(60)63)59-40-38-55(53-29-15-17-31-57(53)59)54-37-39-58(56-30-16-14-28-52(54)56)65(47-22-6-2-7-23-47)48-24-8-3-9-25-48/h1-42H. The molecule has 0 bridgehead atoms. The number of hydrogen-bond acceptors (Lipinski definition) is 3. The van der Waals surface area contributed by atoms with Crippen LogP contribution in [0.15, 0.2) is 259 Å². The summed E-state index contributed by atoms with van der Waals surface area (Å²) < 4.78 is 7.12. The van der Waals surface area contributed by atoms with Gasteiger partial charge in [0.15, 0.2) is 5.58 Å². The Bertz CT molecular complexity index is 3930. The van der Waals surface area contributed by atoms with Crippen molar-refractivity contribution in [1.29, 1.82) is 0 Å². The molecule has 12 aromatic carbocycles. The van der Waals surface area contributed by atoms with Gasteiger partial charge in [-0.2, -0.15) is 0 Å². The Morgan fingerprint density at radius 3 is 1.31 bits per heavy atom. The van der Waals surface area contributed by atoms with Crippen LogP contribution in [0.2, 0.25) is 0 Å². The van der Waals surface area contributed by atoms with E-state index in [1.165, 1.54) is 49.0 Å². The van der Waals surface area contributed by atoms with Crippen LogP contribution < -0.4 is 9.80 Å². The van der Waals surface area contributed by atoms with Crippen LogP contribution in [0.5, 0.6) is 0 Å².